The molecule has 1 unspecified atom stereocenters. The van der Waals surface area contributed by atoms with Crippen molar-refractivity contribution in [3.8, 4) is 0 Å². The van der Waals surface area contributed by atoms with Crippen molar-refractivity contribution in [2.75, 3.05) is 39.8 Å². The Labute approximate surface area is 121 Å². The van der Waals surface area contributed by atoms with Crippen molar-refractivity contribution >= 4 is 5.97 Å². The lowest BCUT2D eigenvalue weighted by molar-refractivity contribution is -0.147. The van der Waals surface area contributed by atoms with Gasteiger partial charge in [-0.05, 0) is 58.2 Å². The Bertz CT molecular complexity index is 368. The SMILES string of the molecule is CN1CCCN(CC(NC2CC2)(C(=O)O)C2CC2)CC1. The predicted molar refractivity (Wildman–Crippen MR) is 77.8 cm³/mol. The molecule has 2 saturated carbocycles. The van der Waals surface area contributed by atoms with Crippen molar-refractivity contribution in [2.45, 2.75) is 43.7 Å². The van der Waals surface area contributed by atoms with E-state index in [2.05, 4.69) is 22.2 Å². The average Bonchev–Trinajstić information content (AvgIpc) is 3.26. The normalized spacial score (nSPS) is 28.9. The standard InChI is InChI=1S/C15H27N3O2/c1-17-7-2-8-18(10-9-17)11-15(14(19)20,12-3-4-12)16-13-5-6-13/h12-13,16H,2-11H2,1H3,(H,19,20). The second-order valence-electron chi connectivity index (χ2n) is 6.90. The average molecular weight is 281 g/mol. The van der Waals surface area contributed by atoms with Crippen LogP contribution < -0.4 is 5.32 Å². The molecule has 2 N–H and O–H groups in total. The largest absolute Gasteiger partial charge is 0.480 e. The zero-order valence-corrected chi connectivity index (χ0v) is 12.5. The van der Waals surface area contributed by atoms with Gasteiger partial charge in [0.2, 0.25) is 0 Å². The molecule has 5 heteroatoms. The molecule has 0 aromatic heterocycles. The zero-order chi connectivity index (χ0) is 14.2. The molecule has 20 heavy (non-hydrogen) atoms. The van der Waals surface area contributed by atoms with Crippen LogP contribution in [0.5, 0.6) is 0 Å². The van der Waals surface area contributed by atoms with Gasteiger partial charge in [0.25, 0.3) is 0 Å². The first kappa shape index (κ1) is 14.3. The maximum atomic E-state index is 12.0. The third-order valence-corrected chi connectivity index (χ3v) is 4.98. The molecule has 3 rings (SSSR count). The molecular weight excluding hydrogens is 254 g/mol. The fourth-order valence-corrected chi connectivity index (χ4v) is 3.38. The highest BCUT2D eigenvalue weighted by Crippen LogP contribution is 2.42. The summed E-state index contributed by atoms with van der Waals surface area (Å²) < 4.78 is 0. The fourth-order valence-electron chi connectivity index (χ4n) is 3.38. The molecule has 1 saturated heterocycles. The topological polar surface area (TPSA) is 55.8 Å². The third-order valence-electron chi connectivity index (χ3n) is 4.98. The Morgan fingerprint density at radius 2 is 1.95 bits per heavy atom. The van der Waals surface area contributed by atoms with Crippen molar-refractivity contribution in [3.63, 3.8) is 0 Å². The zero-order valence-electron chi connectivity index (χ0n) is 12.5. The van der Waals surface area contributed by atoms with Crippen molar-refractivity contribution in [1.29, 1.82) is 0 Å². The van der Waals surface area contributed by atoms with Gasteiger partial charge in [0, 0.05) is 25.7 Å². The summed E-state index contributed by atoms with van der Waals surface area (Å²) in [5.74, 6) is -0.300. The smallest absolute Gasteiger partial charge is 0.325 e. The number of carbonyl (C=O) groups is 1. The number of hydrogen-bond acceptors (Lipinski definition) is 4. The van der Waals surface area contributed by atoms with E-state index in [1.54, 1.807) is 0 Å². The number of rotatable bonds is 6. The van der Waals surface area contributed by atoms with E-state index >= 15 is 0 Å². The summed E-state index contributed by atoms with van der Waals surface area (Å²) >= 11 is 0. The van der Waals surface area contributed by atoms with Crippen molar-refractivity contribution in [2.24, 2.45) is 5.92 Å². The first-order chi connectivity index (χ1) is 9.60. The summed E-state index contributed by atoms with van der Waals surface area (Å²) in [5, 5.41) is 13.4. The van der Waals surface area contributed by atoms with Gasteiger partial charge in [0.15, 0.2) is 0 Å². The molecule has 0 bridgehead atoms. The van der Waals surface area contributed by atoms with Crippen LogP contribution in [0.1, 0.15) is 32.1 Å². The summed E-state index contributed by atoms with van der Waals surface area (Å²) in [6, 6.07) is 0.446. The number of likely N-dealkylation sites (N-methyl/N-ethyl adjacent to an activating group) is 1. The van der Waals surface area contributed by atoms with Crippen molar-refractivity contribution in [3.05, 3.63) is 0 Å². The van der Waals surface area contributed by atoms with E-state index in [9.17, 15) is 9.90 Å². The third kappa shape index (κ3) is 3.15. The van der Waals surface area contributed by atoms with Crippen LogP contribution in [0.2, 0.25) is 0 Å². The summed E-state index contributed by atoms with van der Waals surface area (Å²) in [6.45, 7) is 4.86. The van der Waals surface area contributed by atoms with E-state index in [1.807, 2.05) is 0 Å². The van der Waals surface area contributed by atoms with E-state index in [1.165, 1.54) is 0 Å². The first-order valence-electron chi connectivity index (χ1n) is 8.02. The highest BCUT2D eigenvalue weighted by molar-refractivity contribution is 5.80. The van der Waals surface area contributed by atoms with Gasteiger partial charge in [0.1, 0.15) is 5.54 Å². The Hall–Kier alpha value is -0.650. The summed E-state index contributed by atoms with van der Waals surface area (Å²) in [7, 11) is 2.15. The van der Waals surface area contributed by atoms with E-state index in [-0.39, 0.29) is 0 Å². The van der Waals surface area contributed by atoms with Gasteiger partial charge in [-0.15, -0.1) is 0 Å². The number of aliphatic carboxylic acids is 1. The van der Waals surface area contributed by atoms with E-state index in [0.29, 0.717) is 18.5 Å². The number of carboxylic acids is 1. The number of nitrogens with one attached hydrogen (secondary N) is 1. The molecular formula is C15H27N3O2. The molecule has 1 aliphatic heterocycles. The molecule has 0 aromatic carbocycles. The Balaban J connectivity index is 1.69. The van der Waals surface area contributed by atoms with Crippen LogP contribution >= 0.6 is 0 Å². The molecule has 3 fully saturated rings. The Kier molecular flexibility index (Phi) is 4.02. The number of nitrogens with zero attached hydrogens (tertiary/aromatic N) is 2. The van der Waals surface area contributed by atoms with Crippen LogP contribution in [0.4, 0.5) is 0 Å². The minimum absolute atomic E-state index is 0.335. The van der Waals surface area contributed by atoms with Gasteiger partial charge in [-0.3, -0.25) is 15.0 Å². The van der Waals surface area contributed by atoms with Gasteiger partial charge >= 0.3 is 5.97 Å². The number of hydrogen-bond donors (Lipinski definition) is 2. The highest BCUT2D eigenvalue weighted by atomic mass is 16.4. The minimum atomic E-state index is -0.690. The van der Waals surface area contributed by atoms with Crippen LogP contribution in [0.25, 0.3) is 0 Å². The van der Waals surface area contributed by atoms with Gasteiger partial charge in [-0.2, -0.15) is 0 Å². The van der Waals surface area contributed by atoms with E-state index in [0.717, 1.165) is 58.3 Å². The van der Waals surface area contributed by atoms with Crippen LogP contribution in [0, 0.1) is 5.92 Å². The quantitative estimate of drug-likeness (QED) is 0.747. The van der Waals surface area contributed by atoms with Crippen LogP contribution in [0.15, 0.2) is 0 Å². The fraction of sp³-hybridized carbons (Fsp3) is 0.933. The molecule has 1 heterocycles. The molecule has 3 aliphatic rings. The molecule has 0 radical (unpaired) electrons. The first-order valence-corrected chi connectivity index (χ1v) is 8.02. The van der Waals surface area contributed by atoms with E-state index in [4.69, 9.17) is 0 Å². The summed E-state index contributed by atoms with van der Waals surface area (Å²) in [5.41, 5.74) is -0.690. The minimum Gasteiger partial charge on any atom is -0.480 e. The van der Waals surface area contributed by atoms with Crippen molar-refractivity contribution < 1.29 is 9.90 Å². The van der Waals surface area contributed by atoms with Gasteiger partial charge in [0.05, 0.1) is 0 Å². The van der Waals surface area contributed by atoms with Crippen LogP contribution in [-0.4, -0.2) is 72.2 Å². The molecule has 0 aromatic rings. The molecule has 0 spiro atoms. The molecule has 2 aliphatic carbocycles. The maximum absolute atomic E-state index is 12.0. The lowest BCUT2D eigenvalue weighted by atomic mass is 9.91. The van der Waals surface area contributed by atoms with Gasteiger partial charge < -0.3 is 10.0 Å². The molecule has 114 valence electrons. The summed E-state index contributed by atoms with van der Waals surface area (Å²) in [4.78, 5) is 16.7. The Morgan fingerprint density at radius 3 is 2.55 bits per heavy atom. The second-order valence-corrected chi connectivity index (χ2v) is 6.90. The highest BCUT2D eigenvalue weighted by Gasteiger charge is 2.53. The lowest BCUT2D eigenvalue weighted by Crippen LogP contribution is -2.61. The Morgan fingerprint density at radius 1 is 1.20 bits per heavy atom. The van der Waals surface area contributed by atoms with Gasteiger partial charge in [-0.25, -0.2) is 0 Å². The predicted octanol–water partition coefficient (Wildman–Crippen LogP) is 0.609. The van der Waals surface area contributed by atoms with E-state index < -0.39 is 11.5 Å². The monoisotopic (exact) mass is 281 g/mol. The second kappa shape index (κ2) is 5.62. The molecule has 0 amide bonds. The summed E-state index contributed by atoms with van der Waals surface area (Å²) in [6.07, 6.45) is 5.56. The maximum Gasteiger partial charge on any atom is 0.325 e. The van der Waals surface area contributed by atoms with Crippen LogP contribution in [-0.2, 0) is 4.79 Å². The van der Waals surface area contributed by atoms with Gasteiger partial charge in [-0.1, -0.05) is 0 Å². The molecule has 5 nitrogen and oxygen atoms in total. The number of carboxylic acid groups (broad SMARTS) is 1. The van der Waals surface area contributed by atoms with Crippen molar-refractivity contribution in [1.82, 2.24) is 15.1 Å². The van der Waals surface area contributed by atoms with Crippen LogP contribution in [0.3, 0.4) is 0 Å². The lowest BCUT2D eigenvalue weighted by Gasteiger charge is -2.36. The molecule has 1 atom stereocenters.